The van der Waals surface area contributed by atoms with Gasteiger partial charge in [0.2, 0.25) is 0 Å². The van der Waals surface area contributed by atoms with Crippen LogP contribution in [0.15, 0.2) is 36.9 Å². The van der Waals surface area contributed by atoms with Crippen LogP contribution in [0.5, 0.6) is 0 Å². The first-order valence-corrected chi connectivity index (χ1v) is 8.90. The van der Waals surface area contributed by atoms with Gasteiger partial charge in [-0.15, -0.1) is 0 Å². The van der Waals surface area contributed by atoms with Crippen LogP contribution in [0.4, 0.5) is 0 Å². The number of carbonyl (C=O) groups excluding carboxylic acids is 1. The molecule has 3 aromatic rings. The predicted octanol–water partition coefficient (Wildman–Crippen LogP) is 2.26. The highest BCUT2D eigenvalue weighted by atomic mass is 35.5. The van der Waals surface area contributed by atoms with E-state index in [1.165, 1.54) is 0 Å². The van der Waals surface area contributed by atoms with Crippen molar-refractivity contribution in [1.82, 2.24) is 24.0 Å². The summed E-state index contributed by atoms with van der Waals surface area (Å²) in [6, 6.07) is 5.03. The van der Waals surface area contributed by atoms with E-state index in [1.54, 1.807) is 41.2 Å². The molecule has 0 spiro atoms. The van der Waals surface area contributed by atoms with Crippen LogP contribution in [-0.4, -0.2) is 54.2 Å². The molecule has 1 N–H and O–H groups in total. The van der Waals surface area contributed by atoms with E-state index in [4.69, 9.17) is 11.6 Å². The number of rotatable bonds is 3. The van der Waals surface area contributed by atoms with E-state index < -0.39 is 6.10 Å². The Balaban J connectivity index is 1.60. The molecule has 1 aromatic carbocycles. The third-order valence-electron chi connectivity index (χ3n) is 5.31. The maximum Gasteiger partial charge on any atom is 0.289 e. The fourth-order valence-corrected chi connectivity index (χ4v) is 3.99. The van der Waals surface area contributed by atoms with E-state index in [0.717, 1.165) is 18.4 Å². The number of imidazole rings is 2. The van der Waals surface area contributed by atoms with Crippen LogP contribution in [0.25, 0.3) is 11.0 Å². The van der Waals surface area contributed by atoms with Gasteiger partial charge in [0.1, 0.15) is 0 Å². The van der Waals surface area contributed by atoms with Gasteiger partial charge in [-0.3, -0.25) is 4.79 Å². The van der Waals surface area contributed by atoms with Gasteiger partial charge in [-0.2, -0.15) is 0 Å². The lowest BCUT2D eigenvalue weighted by atomic mass is 10.1. The molecule has 0 aliphatic heterocycles. The Bertz CT molecular complexity index is 952. The molecule has 1 amide bonds. The Morgan fingerprint density at radius 3 is 2.92 bits per heavy atom. The maximum atomic E-state index is 13.0. The number of aliphatic hydroxyl groups excluding tert-OH is 1. The summed E-state index contributed by atoms with van der Waals surface area (Å²) in [7, 11) is 3.53. The largest absolute Gasteiger partial charge is 0.389 e. The second-order valence-electron chi connectivity index (χ2n) is 6.76. The zero-order valence-electron chi connectivity index (χ0n) is 14.6. The summed E-state index contributed by atoms with van der Waals surface area (Å²) >= 11 is 6.02. The van der Waals surface area contributed by atoms with Crippen molar-refractivity contribution in [2.24, 2.45) is 7.05 Å². The highest BCUT2D eigenvalue weighted by Gasteiger charge is 2.40. The smallest absolute Gasteiger partial charge is 0.289 e. The zero-order chi connectivity index (χ0) is 18.4. The number of aryl methyl sites for hydroxylation is 1. The normalized spacial score (nSPS) is 22.8. The van der Waals surface area contributed by atoms with Gasteiger partial charge in [0.25, 0.3) is 5.91 Å². The van der Waals surface area contributed by atoms with Crippen molar-refractivity contribution in [2.75, 3.05) is 7.05 Å². The molecule has 1 saturated carbocycles. The molecular formula is C18H20ClN5O2. The molecule has 26 heavy (non-hydrogen) atoms. The third-order valence-corrected chi connectivity index (χ3v) is 5.54. The number of aliphatic hydroxyl groups is 1. The minimum Gasteiger partial charge on any atom is -0.389 e. The fourth-order valence-electron chi connectivity index (χ4n) is 3.83. The van der Waals surface area contributed by atoms with Crippen molar-refractivity contribution >= 4 is 28.5 Å². The van der Waals surface area contributed by atoms with Crippen molar-refractivity contribution in [2.45, 2.75) is 31.0 Å². The first-order chi connectivity index (χ1) is 12.5. The Labute approximate surface area is 155 Å². The highest BCUT2D eigenvalue weighted by Crippen LogP contribution is 2.33. The van der Waals surface area contributed by atoms with Crippen LogP contribution in [0.1, 0.15) is 29.5 Å². The summed E-state index contributed by atoms with van der Waals surface area (Å²) < 4.78 is 3.67. The predicted molar refractivity (Wildman–Crippen MR) is 98.1 cm³/mol. The first-order valence-electron chi connectivity index (χ1n) is 8.52. The topological polar surface area (TPSA) is 76.2 Å². The first kappa shape index (κ1) is 17.1. The molecule has 0 unspecified atom stereocenters. The van der Waals surface area contributed by atoms with Crippen LogP contribution < -0.4 is 0 Å². The van der Waals surface area contributed by atoms with Crippen LogP contribution in [0.3, 0.4) is 0 Å². The van der Waals surface area contributed by atoms with Crippen LogP contribution in [0, 0.1) is 0 Å². The average Bonchev–Trinajstić information content (AvgIpc) is 3.33. The number of benzene rings is 1. The van der Waals surface area contributed by atoms with Gasteiger partial charge in [-0.25, -0.2) is 9.97 Å². The quantitative estimate of drug-likeness (QED) is 0.764. The van der Waals surface area contributed by atoms with E-state index in [2.05, 4.69) is 9.97 Å². The van der Waals surface area contributed by atoms with Gasteiger partial charge in [-0.1, -0.05) is 11.6 Å². The summed E-state index contributed by atoms with van der Waals surface area (Å²) in [6.45, 7) is 0. The zero-order valence-corrected chi connectivity index (χ0v) is 15.3. The van der Waals surface area contributed by atoms with Crippen LogP contribution in [-0.2, 0) is 7.05 Å². The van der Waals surface area contributed by atoms with Crippen LogP contribution in [0.2, 0.25) is 5.02 Å². The van der Waals surface area contributed by atoms with Crippen molar-refractivity contribution in [3.63, 3.8) is 0 Å². The molecule has 1 aliphatic rings. The molecule has 0 saturated heterocycles. The van der Waals surface area contributed by atoms with Gasteiger partial charge in [0.15, 0.2) is 5.82 Å². The molecule has 0 radical (unpaired) electrons. The summed E-state index contributed by atoms with van der Waals surface area (Å²) in [5, 5.41) is 11.3. The van der Waals surface area contributed by atoms with E-state index >= 15 is 0 Å². The summed E-state index contributed by atoms with van der Waals surface area (Å²) in [4.78, 5) is 23.1. The number of nitrogens with zero attached hydrogens (tertiary/aromatic N) is 5. The molecule has 1 fully saturated rings. The van der Waals surface area contributed by atoms with Crippen molar-refractivity contribution in [1.29, 1.82) is 0 Å². The molecule has 7 nitrogen and oxygen atoms in total. The number of amides is 1. The summed E-state index contributed by atoms with van der Waals surface area (Å²) in [6.07, 6.45) is 6.10. The van der Waals surface area contributed by atoms with Gasteiger partial charge in [0, 0.05) is 31.5 Å². The molecular weight excluding hydrogens is 354 g/mol. The number of halogens is 1. The number of hydrogen-bond acceptors (Lipinski definition) is 4. The fraction of sp³-hybridized carbons (Fsp3) is 0.389. The Kier molecular flexibility index (Phi) is 4.20. The number of likely N-dealkylation sites (N-methyl/N-ethyl adjacent to an activating group) is 1. The maximum absolute atomic E-state index is 13.0. The molecule has 0 bridgehead atoms. The Morgan fingerprint density at radius 1 is 1.38 bits per heavy atom. The van der Waals surface area contributed by atoms with Crippen LogP contribution >= 0.6 is 11.6 Å². The van der Waals surface area contributed by atoms with Gasteiger partial charge in [-0.05, 0) is 31.0 Å². The minimum absolute atomic E-state index is 0.0722. The molecule has 136 valence electrons. The number of carbonyl (C=O) groups is 1. The molecule has 1 aliphatic carbocycles. The van der Waals surface area contributed by atoms with Crippen molar-refractivity contribution in [3.05, 3.63) is 47.8 Å². The number of aromatic nitrogens is 4. The molecule has 2 aromatic heterocycles. The van der Waals surface area contributed by atoms with E-state index in [1.807, 2.05) is 23.9 Å². The molecule has 8 heteroatoms. The third kappa shape index (κ3) is 2.68. The lowest BCUT2D eigenvalue weighted by Gasteiger charge is -2.28. The van der Waals surface area contributed by atoms with Gasteiger partial charge >= 0.3 is 0 Å². The standard InChI is InChI=1S/C18H20ClN5O2/c1-22-13-4-3-11(19)9-12(13)21-17(22)18(26)23(2)14-5-6-15(16(14)25)24-8-7-20-10-24/h3-4,7-10,14-16,25H,5-6H2,1-2H3/t14-,15-,16-/m1/s1. The van der Waals surface area contributed by atoms with Gasteiger partial charge < -0.3 is 19.1 Å². The Morgan fingerprint density at radius 2 is 2.19 bits per heavy atom. The monoisotopic (exact) mass is 373 g/mol. The summed E-state index contributed by atoms with van der Waals surface area (Å²) in [5.74, 6) is 0.123. The average molecular weight is 374 g/mol. The van der Waals surface area contributed by atoms with Crippen molar-refractivity contribution < 1.29 is 9.90 Å². The minimum atomic E-state index is -0.651. The van der Waals surface area contributed by atoms with E-state index in [9.17, 15) is 9.90 Å². The van der Waals surface area contributed by atoms with Crippen molar-refractivity contribution in [3.8, 4) is 0 Å². The SMILES string of the molecule is CN(C(=O)c1nc2cc(Cl)ccc2n1C)[C@@H]1CC[C@@H](n2ccnc2)[C@@H]1O. The second kappa shape index (κ2) is 6.41. The van der Waals surface area contributed by atoms with E-state index in [-0.39, 0.29) is 18.0 Å². The lowest BCUT2D eigenvalue weighted by molar-refractivity contribution is 0.0432. The number of hydrogen-bond donors (Lipinski definition) is 1. The van der Waals surface area contributed by atoms with Gasteiger partial charge in [0.05, 0.1) is 35.5 Å². The molecule has 3 atom stereocenters. The Hall–Kier alpha value is -2.38. The van der Waals surface area contributed by atoms with E-state index in [0.29, 0.717) is 16.4 Å². The summed E-state index contributed by atoms with van der Waals surface area (Å²) in [5.41, 5.74) is 1.52. The molecule has 4 rings (SSSR count). The second-order valence-corrected chi connectivity index (χ2v) is 7.19. The lowest BCUT2D eigenvalue weighted by Crippen LogP contribution is -2.44. The molecule has 2 heterocycles. The number of fused-ring (bicyclic) bond motifs is 1. The highest BCUT2D eigenvalue weighted by molar-refractivity contribution is 6.31.